The maximum atomic E-state index is 4.73. The Morgan fingerprint density at radius 1 is 1.15 bits per heavy atom. The summed E-state index contributed by atoms with van der Waals surface area (Å²) in [6.07, 6.45) is 7.59. The summed E-state index contributed by atoms with van der Waals surface area (Å²) in [5, 5.41) is 5.67. The molecule has 1 aliphatic rings. The quantitative estimate of drug-likeness (QED) is 0.926. The Hall–Kier alpha value is -2.16. The SMILES string of the molecule is CCc1cccc(Nc2nc3c(cc2C)=CCCC=3)n1. The van der Waals surface area contributed by atoms with Gasteiger partial charge in [-0.25, -0.2) is 9.97 Å². The van der Waals surface area contributed by atoms with E-state index in [2.05, 4.69) is 42.4 Å². The summed E-state index contributed by atoms with van der Waals surface area (Å²) in [4.78, 5) is 9.30. The number of anilines is 2. The molecule has 1 aliphatic carbocycles. The second kappa shape index (κ2) is 5.45. The van der Waals surface area contributed by atoms with Gasteiger partial charge in [-0.15, -0.1) is 0 Å². The van der Waals surface area contributed by atoms with E-state index in [1.54, 1.807) is 0 Å². The van der Waals surface area contributed by atoms with E-state index in [1.807, 2.05) is 18.2 Å². The van der Waals surface area contributed by atoms with Gasteiger partial charge in [-0.3, -0.25) is 0 Å². The highest BCUT2D eigenvalue weighted by atomic mass is 15.1. The molecule has 102 valence electrons. The molecule has 2 heterocycles. The van der Waals surface area contributed by atoms with Gasteiger partial charge < -0.3 is 5.32 Å². The number of rotatable bonds is 3. The smallest absolute Gasteiger partial charge is 0.135 e. The van der Waals surface area contributed by atoms with Gasteiger partial charge in [0.15, 0.2) is 0 Å². The van der Waals surface area contributed by atoms with Crippen molar-refractivity contribution >= 4 is 23.8 Å². The van der Waals surface area contributed by atoms with Crippen molar-refractivity contribution in [2.45, 2.75) is 33.1 Å². The molecule has 0 amide bonds. The van der Waals surface area contributed by atoms with Crippen LogP contribution in [-0.2, 0) is 6.42 Å². The highest BCUT2D eigenvalue weighted by Crippen LogP contribution is 2.14. The second-order valence-corrected chi connectivity index (χ2v) is 5.11. The lowest BCUT2D eigenvalue weighted by molar-refractivity contribution is 1.03. The standard InChI is InChI=1S/C17H19N3/c1-3-14-8-6-10-16(18-14)20-17-12(2)11-13-7-4-5-9-15(13)19-17/h6-11H,3-5H2,1-2H3,(H,18,19,20). The number of hydrogen-bond acceptors (Lipinski definition) is 3. The molecule has 2 aromatic heterocycles. The van der Waals surface area contributed by atoms with Gasteiger partial charge >= 0.3 is 0 Å². The molecule has 1 N–H and O–H groups in total. The van der Waals surface area contributed by atoms with Gasteiger partial charge in [0.25, 0.3) is 0 Å². The molecule has 0 saturated heterocycles. The fraction of sp³-hybridized carbons (Fsp3) is 0.294. The van der Waals surface area contributed by atoms with Crippen molar-refractivity contribution in [3.05, 3.63) is 46.1 Å². The first-order valence-corrected chi connectivity index (χ1v) is 7.17. The summed E-state index contributed by atoms with van der Waals surface area (Å²) in [5.41, 5.74) is 2.24. The molecule has 3 rings (SSSR count). The van der Waals surface area contributed by atoms with E-state index in [-0.39, 0.29) is 0 Å². The van der Waals surface area contributed by atoms with Crippen LogP contribution in [0, 0.1) is 6.92 Å². The fourth-order valence-electron chi connectivity index (χ4n) is 2.43. The molecular weight excluding hydrogens is 246 g/mol. The van der Waals surface area contributed by atoms with Crippen LogP contribution < -0.4 is 15.9 Å². The first kappa shape index (κ1) is 12.9. The minimum Gasteiger partial charge on any atom is -0.325 e. The minimum atomic E-state index is 0.861. The molecule has 0 aliphatic heterocycles. The van der Waals surface area contributed by atoms with Gasteiger partial charge in [0.05, 0.1) is 5.35 Å². The number of aryl methyl sites for hydroxylation is 2. The topological polar surface area (TPSA) is 37.8 Å². The predicted molar refractivity (Wildman–Crippen MR) is 83.3 cm³/mol. The van der Waals surface area contributed by atoms with Crippen molar-refractivity contribution < 1.29 is 0 Å². The minimum absolute atomic E-state index is 0.861. The molecule has 0 saturated carbocycles. The van der Waals surface area contributed by atoms with Crippen LogP contribution in [-0.4, -0.2) is 9.97 Å². The summed E-state index contributed by atoms with van der Waals surface area (Å²) in [7, 11) is 0. The van der Waals surface area contributed by atoms with Gasteiger partial charge in [0.1, 0.15) is 11.6 Å². The van der Waals surface area contributed by atoms with E-state index in [1.165, 1.54) is 5.22 Å². The van der Waals surface area contributed by atoms with E-state index in [4.69, 9.17) is 4.98 Å². The van der Waals surface area contributed by atoms with Crippen molar-refractivity contribution in [1.82, 2.24) is 9.97 Å². The first-order chi connectivity index (χ1) is 9.76. The molecule has 0 atom stereocenters. The van der Waals surface area contributed by atoms with Crippen molar-refractivity contribution in [2.75, 3.05) is 5.32 Å². The Morgan fingerprint density at radius 2 is 2.00 bits per heavy atom. The number of nitrogens with one attached hydrogen (secondary N) is 1. The molecule has 0 spiro atoms. The van der Waals surface area contributed by atoms with E-state index in [0.717, 1.165) is 47.5 Å². The highest BCUT2D eigenvalue weighted by Gasteiger charge is 2.04. The molecule has 0 aromatic carbocycles. The van der Waals surface area contributed by atoms with Gasteiger partial charge in [-0.2, -0.15) is 0 Å². The van der Waals surface area contributed by atoms with Crippen LogP contribution in [0.25, 0.3) is 12.2 Å². The average Bonchev–Trinajstić information content (AvgIpc) is 2.48. The zero-order chi connectivity index (χ0) is 13.9. The molecule has 2 aromatic rings. The van der Waals surface area contributed by atoms with Gasteiger partial charge in [0.2, 0.25) is 0 Å². The highest BCUT2D eigenvalue weighted by molar-refractivity contribution is 5.56. The molecule has 3 nitrogen and oxygen atoms in total. The lowest BCUT2D eigenvalue weighted by Crippen LogP contribution is -2.31. The zero-order valence-electron chi connectivity index (χ0n) is 12.0. The fourth-order valence-corrected chi connectivity index (χ4v) is 2.43. The van der Waals surface area contributed by atoms with Gasteiger partial charge in [-0.05, 0) is 55.2 Å². The number of aromatic nitrogens is 2. The van der Waals surface area contributed by atoms with Crippen LogP contribution in [0.15, 0.2) is 24.3 Å². The predicted octanol–water partition coefficient (Wildman–Crippen LogP) is 2.45. The average molecular weight is 265 g/mol. The van der Waals surface area contributed by atoms with Crippen LogP contribution in [0.1, 0.15) is 31.0 Å². The monoisotopic (exact) mass is 265 g/mol. The third-order valence-corrected chi connectivity index (χ3v) is 3.56. The molecule has 20 heavy (non-hydrogen) atoms. The third kappa shape index (κ3) is 2.57. The number of nitrogens with zero attached hydrogens (tertiary/aromatic N) is 2. The number of hydrogen-bond donors (Lipinski definition) is 1. The Labute approximate surface area is 119 Å². The summed E-state index contributed by atoms with van der Waals surface area (Å²) >= 11 is 0. The van der Waals surface area contributed by atoms with E-state index in [0.29, 0.717) is 0 Å². The Morgan fingerprint density at radius 3 is 2.85 bits per heavy atom. The van der Waals surface area contributed by atoms with Crippen molar-refractivity contribution in [2.24, 2.45) is 0 Å². The summed E-state index contributed by atoms with van der Waals surface area (Å²) in [6.45, 7) is 4.20. The van der Waals surface area contributed by atoms with Crippen LogP contribution in [0.2, 0.25) is 0 Å². The van der Waals surface area contributed by atoms with Crippen molar-refractivity contribution in [3.63, 3.8) is 0 Å². The van der Waals surface area contributed by atoms with Crippen molar-refractivity contribution in [3.8, 4) is 0 Å². The Balaban J connectivity index is 1.99. The lowest BCUT2D eigenvalue weighted by atomic mass is 10.1. The maximum Gasteiger partial charge on any atom is 0.135 e. The molecule has 0 fully saturated rings. The number of pyridine rings is 2. The van der Waals surface area contributed by atoms with Crippen molar-refractivity contribution in [1.29, 1.82) is 0 Å². The largest absolute Gasteiger partial charge is 0.325 e. The van der Waals surface area contributed by atoms with Gasteiger partial charge in [-0.1, -0.05) is 25.1 Å². The zero-order valence-corrected chi connectivity index (χ0v) is 12.0. The van der Waals surface area contributed by atoms with Crippen LogP contribution in [0.3, 0.4) is 0 Å². The Kier molecular flexibility index (Phi) is 3.50. The third-order valence-electron chi connectivity index (χ3n) is 3.56. The molecule has 0 radical (unpaired) electrons. The molecule has 0 unspecified atom stereocenters. The van der Waals surface area contributed by atoms with Gasteiger partial charge in [0, 0.05) is 5.69 Å². The van der Waals surface area contributed by atoms with Crippen LogP contribution in [0.4, 0.5) is 11.6 Å². The van der Waals surface area contributed by atoms with Crippen LogP contribution >= 0.6 is 0 Å². The van der Waals surface area contributed by atoms with E-state index < -0.39 is 0 Å². The normalized spacial score (nSPS) is 13.1. The summed E-state index contributed by atoms with van der Waals surface area (Å²) in [5.74, 6) is 1.76. The first-order valence-electron chi connectivity index (χ1n) is 7.17. The second-order valence-electron chi connectivity index (χ2n) is 5.11. The summed E-state index contributed by atoms with van der Waals surface area (Å²) in [6, 6.07) is 8.25. The van der Waals surface area contributed by atoms with Crippen LogP contribution in [0.5, 0.6) is 0 Å². The maximum absolute atomic E-state index is 4.73. The molecule has 3 heteroatoms. The van der Waals surface area contributed by atoms with E-state index >= 15 is 0 Å². The lowest BCUT2D eigenvalue weighted by Gasteiger charge is -2.10. The number of fused-ring (bicyclic) bond motifs is 1. The Bertz CT molecular complexity index is 747. The molecule has 0 bridgehead atoms. The molecular formula is C17H19N3. The summed E-state index contributed by atoms with van der Waals surface area (Å²) < 4.78 is 0. The van der Waals surface area contributed by atoms with E-state index in [9.17, 15) is 0 Å².